The number of aromatic nitrogens is 5. The molecule has 0 bridgehead atoms. The van der Waals surface area contributed by atoms with E-state index in [1.165, 1.54) is 44.1 Å². The molecule has 8 nitrogen and oxygen atoms in total. The fourth-order valence-electron chi connectivity index (χ4n) is 4.25. The largest absolute Gasteiger partial charge is 0.349 e. The molecule has 4 rings (SSSR count). The average molecular weight is 371 g/mol. The number of carbonyl (C=O) groups excluding carboxylic acids is 1. The fraction of sp³-hybridized carbons (Fsp3) is 0.684. The van der Waals surface area contributed by atoms with E-state index in [4.69, 9.17) is 5.10 Å². The molecule has 27 heavy (non-hydrogen) atoms. The van der Waals surface area contributed by atoms with Crippen LogP contribution < -0.4 is 5.32 Å². The number of amides is 1. The Morgan fingerprint density at radius 1 is 1.26 bits per heavy atom. The van der Waals surface area contributed by atoms with E-state index < -0.39 is 0 Å². The van der Waals surface area contributed by atoms with Crippen molar-refractivity contribution >= 4 is 5.91 Å². The van der Waals surface area contributed by atoms with Gasteiger partial charge in [-0.3, -0.25) is 14.4 Å². The van der Waals surface area contributed by atoms with Crippen LogP contribution in [0.5, 0.6) is 0 Å². The van der Waals surface area contributed by atoms with Crippen molar-refractivity contribution in [2.24, 2.45) is 0 Å². The minimum Gasteiger partial charge on any atom is -0.349 e. The van der Waals surface area contributed by atoms with Crippen LogP contribution in [-0.2, 0) is 24.4 Å². The van der Waals surface area contributed by atoms with Gasteiger partial charge in [0.1, 0.15) is 18.7 Å². The lowest BCUT2D eigenvalue weighted by Gasteiger charge is -2.33. The molecule has 2 aromatic heterocycles. The number of nitrogens with one attached hydrogen (secondary N) is 1. The van der Waals surface area contributed by atoms with Gasteiger partial charge in [0.05, 0.1) is 17.9 Å². The highest BCUT2D eigenvalue weighted by Crippen LogP contribution is 2.26. The molecule has 0 unspecified atom stereocenters. The second kappa shape index (κ2) is 8.21. The van der Waals surface area contributed by atoms with E-state index in [1.54, 1.807) is 11.0 Å². The van der Waals surface area contributed by atoms with Crippen molar-refractivity contribution in [1.82, 2.24) is 34.8 Å². The maximum Gasteiger partial charge on any atom is 0.244 e. The molecule has 1 saturated carbocycles. The highest BCUT2D eigenvalue weighted by Gasteiger charge is 2.25. The third kappa shape index (κ3) is 4.21. The van der Waals surface area contributed by atoms with Gasteiger partial charge in [0.25, 0.3) is 0 Å². The number of rotatable bonds is 5. The lowest BCUT2D eigenvalue weighted by molar-refractivity contribution is -0.124. The number of hydrogen-bond acceptors (Lipinski definition) is 5. The predicted molar refractivity (Wildman–Crippen MR) is 101 cm³/mol. The van der Waals surface area contributed by atoms with Gasteiger partial charge < -0.3 is 5.32 Å². The summed E-state index contributed by atoms with van der Waals surface area (Å²) in [5.74, 6) is -0.0764. The molecule has 1 atom stereocenters. The quantitative estimate of drug-likeness (QED) is 0.868. The second-order valence-corrected chi connectivity index (χ2v) is 7.74. The van der Waals surface area contributed by atoms with Crippen LogP contribution in [0.25, 0.3) is 0 Å². The Balaban J connectivity index is 1.36. The Morgan fingerprint density at radius 3 is 2.89 bits per heavy atom. The maximum absolute atomic E-state index is 12.3. The Bertz CT molecular complexity index is 748. The van der Waals surface area contributed by atoms with E-state index >= 15 is 0 Å². The van der Waals surface area contributed by atoms with E-state index in [0.717, 1.165) is 37.8 Å². The fourth-order valence-corrected chi connectivity index (χ4v) is 4.25. The molecular formula is C19H29N7O. The molecule has 3 heterocycles. The third-order valence-electron chi connectivity index (χ3n) is 5.84. The van der Waals surface area contributed by atoms with Crippen LogP contribution in [0.1, 0.15) is 62.9 Å². The summed E-state index contributed by atoms with van der Waals surface area (Å²) in [7, 11) is 0. The number of carbonyl (C=O) groups is 1. The van der Waals surface area contributed by atoms with Crippen molar-refractivity contribution in [3.8, 4) is 0 Å². The summed E-state index contributed by atoms with van der Waals surface area (Å²) in [6, 6.07) is 2.50. The van der Waals surface area contributed by atoms with E-state index in [0.29, 0.717) is 6.54 Å². The molecular weight excluding hydrogens is 342 g/mol. The summed E-state index contributed by atoms with van der Waals surface area (Å²) in [6.45, 7) is 5.36. The smallest absolute Gasteiger partial charge is 0.244 e. The van der Waals surface area contributed by atoms with Crippen LogP contribution in [0.2, 0.25) is 0 Å². The van der Waals surface area contributed by atoms with Gasteiger partial charge in [0, 0.05) is 25.7 Å². The third-order valence-corrected chi connectivity index (χ3v) is 5.84. The van der Waals surface area contributed by atoms with E-state index in [2.05, 4.69) is 31.0 Å². The number of aryl methyl sites for hydroxylation is 1. The molecule has 1 aliphatic carbocycles. The summed E-state index contributed by atoms with van der Waals surface area (Å²) in [5, 5.41) is 11.7. The molecule has 1 fully saturated rings. The molecule has 1 aliphatic heterocycles. The molecule has 0 spiro atoms. The van der Waals surface area contributed by atoms with E-state index in [9.17, 15) is 4.79 Å². The van der Waals surface area contributed by atoms with Crippen molar-refractivity contribution in [2.75, 3.05) is 6.54 Å². The standard InChI is InChI=1S/C19H29N7O/c1-15(26-14-20-13-22-26)19(27)21-11-16-10-18-12-24(8-5-9-25(18)23-16)17-6-3-2-4-7-17/h10,13-15,17H,2-9,11-12H2,1H3,(H,21,27)/t15-/m0/s1. The van der Waals surface area contributed by atoms with Crippen LogP contribution in [0.15, 0.2) is 18.7 Å². The number of fused-ring (bicyclic) bond motifs is 1. The van der Waals surface area contributed by atoms with Gasteiger partial charge in [-0.25, -0.2) is 9.67 Å². The summed E-state index contributed by atoms with van der Waals surface area (Å²) >= 11 is 0. The van der Waals surface area contributed by atoms with Crippen LogP contribution >= 0.6 is 0 Å². The highest BCUT2D eigenvalue weighted by molar-refractivity contribution is 5.79. The molecule has 0 saturated heterocycles. The number of hydrogen-bond donors (Lipinski definition) is 1. The van der Waals surface area contributed by atoms with Crippen LogP contribution in [0.3, 0.4) is 0 Å². The van der Waals surface area contributed by atoms with Gasteiger partial charge in [0.15, 0.2) is 0 Å². The normalized spacial score (nSPS) is 20.0. The van der Waals surface area contributed by atoms with Crippen molar-refractivity contribution in [2.45, 2.75) is 77.2 Å². The first-order valence-electron chi connectivity index (χ1n) is 10.1. The maximum atomic E-state index is 12.3. The zero-order valence-corrected chi connectivity index (χ0v) is 16.0. The second-order valence-electron chi connectivity index (χ2n) is 7.74. The van der Waals surface area contributed by atoms with Crippen LogP contribution in [-0.4, -0.2) is 47.9 Å². The first-order valence-corrected chi connectivity index (χ1v) is 10.1. The summed E-state index contributed by atoms with van der Waals surface area (Å²) in [4.78, 5) is 18.9. The molecule has 1 N–H and O–H groups in total. The Morgan fingerprint density at radius 2 is 2.11 bits per heavy atom. The van der Waals surface area contributed by atoms with Crippen LogP contribution in [0, 0.1) is 0 Å². The van der Waals surface area contributed by atoms with Gasteiger partial charge in [-0.2, -0.15) is 10.2 Å². The van der Waals surface area contributed by atoms with Crippen molar-refractivity contribution in [3.05, 3.63) is 30.1 Å². The first kappa shape index (κ1) is 18.2. The van der Waals surface area contributed by atoms with Gasteiger partial charge in [-0.15, -0.1) is 0 Å². The minimum atomic E-state index is -0.380. The molecule has 8 heteroatoms. The predicted octanol–water partition coefficient (Wildman–Crippen LogP) is 1.89. The lowest BCUT2D eigenvalue weighted by atomic mass is 9.94. The van der Waals surface area contributed by atoms with E-state index in [-0.39, 0.29) is 11.9 Å². The zero-order chi connectivity index (χ0) is 18.6. The molecule has 1 amide bonds. The monoisotopic (exact) mass is 371 g/mol. The van der Waals surface area contributed by atoms with E-state index in [1.807, 2.05) is 6.92 Å². The summed E-state index contributed by atoms with van der Waals surface area (Å²) in [6.07, 6.45) is 10.9. The van der Waals surface area contributed by atoms with Crippen molar-refractivity contribution in [3.63, 3.8) is 0 Å². The molecule has 146 valence electrons. The topological polar surface area (TPSA) is 80.9 Å². The van der Waals surface area contributed by atoms with Gasteiger partial charge >= 0.3 is 0 Å². The van der Waals surface area contributed by atoms with Gasteiger partial charge in [-0.1, -0.05) is 19.3 Å². The summed E-state index contributed by atoms with van der Waals surface area (Å²) < 4.78 is 3.69. The van der Waals surface area contributed by atoms with Gasteiger partial charge in [0.2, 0.25) is 5.91 Å². The SMILES string of the molecule is C[C@@H](C(=O)NCc1cc2n(n1)CCCN(C1CCCCC1)C2)n1cncn1. The average Bonchev–Trinajstić information content (AvgIpc) is 3.32. The summed E-state index contributed by atoms with van der Waals surface area (Å²) in [5.41, 5.74) is 2.20. The minimum absolute atomic E-state index is 0.0764. The molecule has 0 radical (unpaired) electrons. The Kier molecular flexibility index (Phi) is 5.52. The Hall–Kier alpha value is -2.22. The Labute approximate surface area is 159 Å². The molecule has 0 aromatic carbocycles. The number of nitrogens with zero attached hydrogens (tertiary/aromatic N) is 6. The molecule has 2 aliphatic rings. The van der Waals surface area contributed by atoms with Crippen LogP contribution in [0.4, 0.5) is 0 Å². The van der Waals surface area contributed by atoms with Crippen molar-refractivity contribution < 1.29 is 4.79 Å². The van der Waals surface area contributed by atoms with Gasteiger partial charge in [-0.05, 0) is 32.3 Å². The molecule has 2 aromatic rings. The first-order chi connectivity index (χ1) is 13.2. The highest BCUT2D eigenvalue weighted by atomic mass is 16.2. The van der Waals surface area contributed by atoms with Crippen molar-refractivity contribution in [1.29, 1.82) is 0 Å². The zero-order valence-electron chi connectivity index (χ0n) is 16.0. The lowest BCUT2D eigenvalue weighted by Crippen LogP contribution is -2.36.